The number of aromatic nitrogens is 4. The minimum atomic E-state index is -5.69. The number of hydrogen-bond acceptors (Lipinski definition) is 12. The van der Waals surface area contributed by atoms with Gasteiger partial charge in [0, 0.05) is 6.42 Å². The molecule has 0 aliphatic carbocycles. The van der Waals surface area contributed by atoms with Crippen molar-refractivity contribution >= 4 is 46.7 Å². The van der Waals surface area contributed by atoms with Crippen LogP contribution in [0.3, 0.4) is 0 Å². The number of phosphoric acid groups is 3. The fraction of sp³-hybridized carbons (Fsp3) is 0.417. The lowest BCUT2D eigenvalue weighted by Crippen LogP contribution is -2.26. The molecule has 1 saturated heterocycles. The lowest BCUT2D eigenvalue weighted by Gasteiger charge is -2.19. The number of nitrogens with one attached hydrogen (secondary N) is 1. The van der Waals surface area contributed by atoms with Gasteiger partial charge in [-0.3, -0.25) is 18.9 Å². The van der Waals surface area contributed by atoms with E-state index < -0.39 is 54.1 Å². The molecule has 1 fully saturated rings. The molecule has 1 aliphatic rings. The summed E-state index contributed by atoms with van der Waals surface area (Å²) in [5.41, 5.74) is 4.85. The number of phosphoric ester groups is 1. The van der Waals surface area contributed by atoms with E-state index in [0.717, 1.165) is 0 Å². The van der Waals surface area contributed by atoms with Gasteiger partial charge in [-0.05, 0) is 6.08 Å². The Labute approximate surface area is 183 Å². The van der Waals surface area contributed by atoms with Gasteiger partial charge in [0.1, 0.15) is 18.2 Å². The molecule has 0 spiro atoms. The van der Waals surface area contributed by atoms with Crippen molar-refractivity contribution in [2.45, 2.75) is 24.9 Å². The number of rotatable bonds is 9. The Morgan fingerprint density at radius 1 is 1.21 bits per heavy atom. The van der Waals surface area contributed by atoms with Crippen LogP contribution < -0.4 is 11.3 Å². The van der Waals surface area contributed by atoms with Crippen LogP contribution in [0.1, 0.15) is 18.5 Å². The minimum Gasteiger partial charge on any atom is -0.390 e. The minimum absolute atomic E-state index is 0.0110. The highest BCUT2D eigenvalue weighted by atomic mass is 31.3. The van der Waals surface area contributed by atoms with E-state index in [0.29, 0.717) is 0 Å². The van der Waals surface area contributed by atoms with Gasteiger partial charge in [-0.1, -0.05) is 6.58 Å². The van der Waals surface area contributed by atoms with E-state index in [1.54, 1.807) is 0 Å². The summed E-state index contributed by atoms with van der Waals surface area (Å²) in [7, 11) is -16.6. The van der Waals surface area contributed by atoms with Crippen LogP contribution in [0.2, 0.25) is 0 Å². The van der Waals surface area contributed by atoms with Crippen molar-refractivity contribution < 1.29 is 56.3 Å². The Hall–Kier alpha value is -1.78. The fourth-order valence-corrected chi connectivity index (χ4v) is 5.97. The summed E-state index contributed by atoms with van der Waals surface area (Å²) in [6.07, 6.45) is -2.47. The lowest BCUT2D eigenvalue weighted by atomic mass is 10.2. The summed E-state index contributed by atoms with van der Waals surface area (Å²) in [6.45, 7) is 2.71. The Kier molecular flexibility index (Phi) is 7.13. The molecule has 2 aromatic heterocycles. The molecule has 21 heteroatoms. The second-order valence-corrected chi connectivity index (χ2v) is 10.9. The lowest BCUT2D eigenvalue weighted by molar-refractivity contribution is -0.0425. The maximum Gasteiger partial charge on any atom is 0.490 e. The van der Waals surface area contributed by atoms with E-state index in [-0.39, 0.29) is 29.4 Å². The highest BCUT2D eigenvalue weighted by molar-refractivity contribution is 7.66. The smallest absolute Gasteiger partial charge is 0.390 e. The molecule has 0 amide bonds. The second-order valence-electron chi connectivity index (χ2n) is 6.49. The molecule has 1 aliphatic heterocycles. The molecule has 18 nitrogen and oxygen atoms in total. The van der Waals surface area contributed by atoms with Gasteiger partial charge >= 0.3 is 23.5 Å². The third kappa shape index (κ3) is 6.22. The second kappa shape index (κ2) is 9.11. The number of nitrogens with two attached hydrogens (primary N) is 1. The van der Waals surface area contributed by atoms with Crippen LogP contribution in [0, 0.1) is 0 Å². The number of H-pyrrole nitrogens is 1. The summed E-state index contributed by atoms with van der Waals surface area (Å²) in [5.74, 6) is -0.0775. The van der Waals surface area contributed by atoms with Gasteiger partial charge < -0.3 is 35.2 Å². The summed E-state index contributed by atoms with van der Waals surface area (Å²) in [6, 6.07) is 0. The van der Waals surface area contributed by atoms with Crippen LogP contribution in [-0.4, -0.2) is 63.0 Å². The zero-order valence-electron chi connectivity index (χ0n) is 16.2. The first-order valence-corrected chi connectivity index (χ1v) is 13.1. The van der Waals surface area contributed by atoms with Crippen molar-refractivity contribution in [2.24, 2.45) is 0 Å². The first-order valence-electron chi connectivity index (χ1n) is 8.63. The van der Waals surface area contributed by atoms with Gasteiger partial charge in [0.05, 0.1) is 12.7 Å². The van der Waals surface area contributed by atoms with Gasteiger partial charge in [0.15, 0.2) is 11.2 Å². The van der Waals surface area contributed by atoms with Crippen molar-refractivity contribution in [2.75, 3.05) is 12.3 Å². The van der Waals surface area contributed by atoms with Crippen LogP contribution >= 0.6 is 23.5 Å². The van der Waals surface area contributed by atoms with E-state index in [1.807, 2.05) is 0 Å². The molecule has 3 rings (SSSR count). The molecule has 8 N–H and O–H groups in total. The van der Waals surface area contributed by atoms with Gasteiger partial charge in [0.2, 0.25) is 5.95 Å². The van der Waals surface area contributed by atoms with Crippen LogP contribution in [0.4, 0.5) is 5.95 Å². The van der Waals surface area contributed by atoms with E-state index >= 15 is 0 Å². The molecule has 5 atom stereocenters. The first-order chi connectivity index (χ1) is 15.1. The molecule has 0 bridgehead atoms. The number of nitrogen functional groups attached to an aromatic ring is 1. The summed E-state index contributed by atoms with van der Waals surface area (Å²) in [4.78, 5) is 58.2. The SMILES string of the molecule is C=Cc1nc2c(=O)[nH]c(N)nc2n1[C@H]1C[C@H](O)[C@@H](COP(=O)(O)OP(=O)(O)OP(=O)(O)O)O1. The Morgan fingerprint density at radius 2 is 1.88 bits per heavy atom. The predicted octanol–water partition coefficient (Wildman–Crippen LogP) is -0.664. The third-order valence-corrected chi connectivity index (χ3v) is 7.89. The quantitative estimate of drug-likeness (QED) is 0.197. The number of aromatic amines is 1. The standard InChI is InChI=1S/C12H18N5O13P3/c1-2-7-14-9-10(15-12(13)16-11(9)19)17(7)8-3-5(18)6(28-8)4-27-32(23,24)30-33(25,26)29-31(20,21)22/h2,5-6,8,18H,1,3-4H2,(H,23,24)(H,25,26)(H2,20,21,22)(H3,13,15,16,19)/t5-,6+,8+/m0/s1. The van der Waals surface area contributed by atoms with E-state index in [4.69, 9.17) is 25.2 Å². The molecule has 0 radical (unpaired) electrons. The molecule has 0 saturated carbocycles. The van der Waals surface area contributed by atoms with E-state index in [9.17, 15) is 28.5 Å². The average Bonchev–Trinajstić information content (AvgIpc) is 3.16. The number of ether oxygens (including phenoxy) is 1. The van der Waals surface area contributed by atoms with Gasteiger partial charge in [-0.15, -0.1) is 0 Å². The number of nitrogens with zero attached hydrogens (tertiary/aromatic N) is 3. The largest absolute Gasteiger partial charge is 0.490 e. The predicted molar refractivity (Wildman–Crippen MR) is 107 cm³/mol. The molecule has 2 aromatic rings. The summed E-state index contributed by atoms with van der Waals surface area (Å²) in [5, 5.41) is 10.3. The fourth-order valence-electron chi connectivity index (χ4n) is 2.94. The van der Waals surface area contributed by atoms with Crippen LogP contribution in [0.15, 0.2) is 11.4 Å². The zero-order chi connectivity index (χ0) is 24.8. The van der Waals surface area contributed by atoms with Crippen molar-refractivity contribution in [3.8, 4) is 0 Å². The highest BCUT2D eigenvalue weighted by Crippen LogP contribution is 2.66. The van der Waals surface area contributed by atoms with Crippen molar-refractivity contribution in [3.05, 3.63) is 22.8 Å². The number of aliphatic hydroxyl groups is 1. The molecular formula is C12H18N5O13P3. The Morgan fingerprint density at radius 3 is 2.48 bits per heavy atom. The highest BCUT2D eigenvalue weighted by Gasteiger charge is 2.43. The maximum atomic E-state index is 12.1. The Bertz CT molecular complexity index is 1270. The van der Waals surface area contributed by atoms with Gasteiger partial charge in [-0.25, -0.2) is 18.7 Å². The number of fused-ring (bicyclic) bond motifs is 1. The number of hydrogen-bond donors (Lipinski definition) is 7. The normalized spacial score (nSPS) is 25.1. The van der Waals surface area contributed by atoms with Crippen LogP contribution in [-0.2, 0) is 31.6 Å². The molecule has 0 aromatic carbocycles. The molecular weight excluding hydrogens is 515 g/mol. The van der Waals surface area contributed by atoms with Crippen molar-refractivity contribution in [1.82, 2.24) is 19.5 Å². The Balaban J connectivity index is 1.75. The van der Waals surface area contributed by atoms with E-state index in [2.05, 4.69) is 34.7 Å². The van der Waals surface area contributed by atoms with Crippen LogP contribution in [0.5, 0.6) is 0 Å². The number of imidazole rings is 1. The zero-order valence-corrected chi connectivity index (χ0v) is 18.9. The van der Waals surface area contributed by atoms with E-state index in [1.165, 1.54) is 10.6 Å². The monoisotopic (exact) mass is 533 g/mol. The molecule has 33 heavy (non-hydrogen) atoms. The average molecular weight is 533 g/mol. The molecule has 184 valence electrons. The van der Waals surface area contributed by atoms with Crippen molar-refractivity contribution in [3.63, 3.8) is 0 Å². The maximum absolute atomic E-state index is 12.1. The van der Waals surface area contributed by atoms with Gasteiger partial charge in [-0.2, -0.15) is 13.6 Å². The summed E-state index contributed by atoms with van der Waals surface area (Å²) >= 11 is 0. The topological polar surface area (TPSA) is 279 Å². The van der Waals surface area contributed by atoms with Crippen LogP contribution in [0.25, 0.3) is 17.2 Å². The van der Waals surface area contributed by atoms with Gasteiger partial charge in [0.25, 0.3) is 5.56 Å². The third-order valence-electron chi connectivity index (χ3n) is 4.09. The molecule has 3 heterocycles. The number of anilines is 1. The number of aliphatic hydroxyl groups excluding tert-OH is 1. The first kappa shape index (κ1) is 25.8. The summed E-state index contributed by atoms with van der Waals surface area (Å²) < 4.78 is 52.5. The van der Waals surface area contributed by atoms with Crippen molar-refractivity contribution in [1.29, 1.82) is 0 Å². The molecule has 2 unspecified atom stereocenters.